The van der Waals surface area contributed by atoms with Crippen molar-refractivity contribution in [3.63, 3.8) is 0 Å². The molecule has 0 aliphatic rings. The lowest BCUT2D eigenvalue weighted by Crippen LogP contribution is -2.30. The molecule has 0 fully saturated rings. The Kier molecular flexibility index (Phi) is 7.68. The molecule has 4 aromatic rings. The molecule has 0 spiro atoms. The lowest BCUT2D eigenvalue weighted by atomic mass is 10.2. The number of benzene rings is 3. The van der Waals surface area contributed by atoms with Crippen LogP contribution < -0.4 is 4.18 Å². The van der Waals surface area contributed by atoms with Crippen molar-refractivity contribution in [1.82, 2.24) is 4.31 Å². The van der Waals surface area contributed by atoms with E-state index in [2.05, 4.69) is 0 Å². The second-order valence-corrected chi connectivity index (χ2v) is 11.9. The SMILES string of the molecule is Cc1ccc(S(=O)(=O)N(Cc2ccc(OS(=O)(=O)c3cccc(C(F)(F)F)c3)cc2)Cc2ccco2)cc1. The lowest BCUT2D eigenvalue weighted by Gasteiger charge is -2.22. The fraction of sp³-hybridized carbons (Fsp3) is 0.154. The molecule has 1 aromatic heterocycles. The minimum absolute atomic E-state index is 0.0502. The molecule has 0 aliphatic carbocycles. The smallest absolute Gasteiger partial charge is 0.416 e. The molecular formula is C26H22F3NO6S2. The van der Waals surface area contributed by atoms with E-state index in [-0.39, 0.29) is 23.7 Å². The standard InChI is InChI=1S/C26H22F3NO6S2/c1-19-7-13-24(14-8-19)37(31,32)30(18-23-5-3-15-35-23)17-20-9-11-22(12-10-20)36-38(33,34)25-6-2-4-21(16-25)26(27,28)29/h2-16H,17-18H2,1H3. The van der Waals surface area contributed by atoms with E-state index in [4.69, 9.17) is 8.60 Å². The molecule has 0 radical (unpaired) electrons. The molecule has 0 N–H and O–H groups in total. The molecule has 4 rings (SSSR count). The second kappa shape index (κ2) is 10.6. The van der Waals surface area contributed by atoms with E-state index >= 15 is 0 Å². The maximum absolute atomic E-state index is 13.4. The number of sulfonamides is 1. The average molecular weight is 566 g/mol. The van der Waals surface area contributed by atoms with Crippen LogP contribution in [0.3, 0.4) is 0 Å². The van der Waals surface area contributed by atoms with Crippen molar-refractivity contribution in [3.8, 4) is 5.75 Å². The van der Waals surface area contributed by atoms with Crippen LogP contribution >= 0.6 is 0 Å². The van der Waals surface area contributed by atoms with Gasteiger partial charge in [-0.2, -0.15) is 25.9 Å². The van der Waals surface area contributed by atoms with Crippen LogP contribution in [0.5, 0.6) is 5.75 Å². The zero-order chi connectivity index (χ0) is 27.6. The summed E-state index contributed by atoms with van der Waals surface area (Å²) in [5, 5.41) is 0. The van der Waals surface area contributed by atoms with Crippen LogP contribution in [0, 0.1) is 6.92 Å². The Bertz CT molecular complexity index is 1600. The highest BCUT2D eigenvalue weighted by molar-refractivity contribution is 7.89. The molecule has 12 heteroatoms. The molecule has 7 nitrogen and oxygen atoms in total. The van der Waals surface area contributed by atoms with E-state index < -0.39 is 36.8 Å². The summed E-state index contributed by atoms with van der Waals surface area (Å²) >= 11 is 0. The lowest BCUT2D eigenvalue weighted by molar-refractivity contribution is -0.137. The fourth-order valence-electron chi connectivity index (χ4n) is 3.52. The molecule has 0 aliphatic heterocycles. The predicted octanol–water partition coefficient (Wildman–Crippen LogP) is 5.77. The van der Waals surface area contributed by atoms with Crippen molar-refractivity contribution in [2.45, 2.75) is 36.0 Å². The number of rotatable bonds is 9. The maximum Gasteiger partial charge on any atom is 0.416 e. The van der Waals surface area contributed by atoms with Crippen LogP contribution in [-0.4, -0.2) is 21.1 Å². The van der Waals surface area contributed by atoms with E-state index in [1.807, 2.05) is 6.92 Å². The van der Waals surface area contributed by atoms with Crippen molar-refractivity contribution >= 4 is 20.1 Å². The van der Waals surface area contributed by atoms with Crippen LogP contribution in [0.4, 0.5) is 13.2 Å². The highest BCUT2D eigenvalue weighted by Crippen LogP contribution is 2.31. The van der Waals surface area contributed by atoms with Gasteiger partial charge in [-0.05, 0) is 67.1 Å². The first-order valence-electron chi connectivity index (χ1n) is 11.1. The Morgan fingerprint density at radius 2 is 1.50 bits per heavy atom. The van der Waals surface area contributed by atoms with Gasteiger partial charge in [-0.1, -0.05) is 35.9 Å². The highest BCUT2D eigenvalue weighted by Gasteiger charge is 2.32. The largest absolute Gasteiger partial charge is 0.468 e. The first kappa shape index (κ1) is 27.4. The number of furan rings is 1. The first-order chi connectivity index (χ1) is 17.8. The predicted molar refractivity (Wildman–Crippen MR) is 132 cm³/mol. The molecule has 38 heavy (non-hydrogen) atoms. The quantitative estimate of drug-likeness (QED) is 0.239. The highest BCUT2D eigenvalue weighted by atomic mass is 32.2. The molecule has 0 saturated heterocycles. The van der Waals surface area contributed by atoms with Gasteiger partial charge in [0.25, 0.3) is 0 Å². The minimum Gasteiger partial charge on any atom is -0.468 e. The van der Waals surface area contributed by atoms with Gasteiger partial charge in [-0.3, -0.25) is 0 Å². The number of hydrogen-bond acceptors (Lipinski definition) is 6. The van der Waals surface area contributed by atoms with E-state index in [9.17, 15) is 30.0 Å². The van der Waals surface area contributed by atoms with E-state index in [0.29, 0.717) is 17.4 Å². The van der Waals surface area contributed by atoms with Crippen LogP contribution in [0.15, 0.2) is 105 Å². The van der Waals surface area contributed by atoms with E-state index in [0.717, 1.165) is 23.8 Å². The zero-order valence-electron chi connectivity index (χ0n) is 19.9. The van der Waals surface area contributed by atoms with Crippen molar-refractivity contribution in [3.05, 3.63) is 114 Å². The molecule has 0 amide bonds. The molecule has 1 heterocycles. The summed E-state index contributed by atoms with van der Waals surface area (Å²) in [6.45, 7) is 1.72. The van der Waals surface area contributed by atoms with Gasteiger partial charge in [0.05, 0.1) is 23.3 Å². The van der Waals surface area contributed by atoms with Crippen LogP contribution in [0.25, 0.3) is 0 Å². The van der Waals surface area contributed by atoms with Crippen LogP contribution in [-0.2, 0) is 39.4 Å². The maximum atomic E-state index is 13.4. The Morgan fingerprint density at radius 1 is 0.816 bits per heavy atom. The number of aryl methyl sites for hydroxylation is 1. The number of alkyl halides is 3. The summed E-state index contributed by atoms with van der Waals surface area (Å²) in [6.07, 6.45) is -3.28. The topological polar surface area (TPSA) is 93.9 Å². The van der Waals surface area contributed by atoms with Crippen molar-refractivity contribution in [1.29, 1.82) is 0 Å². The monoisotopic (exact) mass is 565 g/mol. The van der Waals surface area contributed by atoms with Gasteiger partial charge >= 0.3 is 16.3 Å². The summed E-state index contributed by atoms with van der Waals surface area (Å²) in [5.74, 6) is 0.276. The van der Waals surface area contributed by atoms with Crippen LogP contribution in [0.1, 0.15) is 22.5 Å². The normalized spacial score (nSPS) is 12.6. The third-order valence-corrected chi connectivity index (χ3v) is 8.56. The minimum atomic E-state index is -4.71. The van der Waals surface area contributed by atoms with Gasteiger partial charge in [-0.15, -0.1) is 0 Å². The Labute approximate surface area is 218 Å². The van der Waals surface area contributed by atoms with Crippen molar-refractivity contribution in [2.75, 3.05) is 0 Å². The summed E-state index contributed by atoms with van der Waals surface area (Å²) in [5.41, 5.74) is 0.289. The number of nitrogens with zero attached hydrogens (tertiary/aromatic N) is 1. The van der Waals surface area contributed by atoms with Crippen molar-refractivity contribution < 1.29 is 38.6 Å². The van der Waals surface area contributed by atoms with Crippen LogP contribution in [0.2, 0.25) is 0 Å². The Hall–Kier alpha value is -3.61. The fourth-order valence-corrected chi connectivity index (χ4v) is 5.89. The first-order valence-corrected chi connectivity index (χ1v) is 14.0. The average Bonchev–Trinajstić information content (AvgIpc) is 3.38. The molecule has 3 aromatic carbocycles. The van der Waals surface area contributed by atoms with E-state index in [1.54, 1.807) is 24.3 Å². The molecule has 0 saturated carbocycles. The summed E-state index contributed by atoms with van der Waals surface area (Å²) in [4.78, 5) is -0.549. The molecular weight excluding hydrogens is 543 g/mol. The number of halogens is 3. The number of hydrogen-bond donors (Lipinski definition) is 0. The summed E-state index contributed by atoms with van der Waals surface area (Å²) in [7, 11) is -8.48. The zero-order valence-corrected chi connectivity index (χ0v) is 21.6. The van der Waals surface area contributed by atoms with Gasteiger partial charge in [-0.25, -0.2) is 8.42 Å². The van der Waals surface area contributed by atoms with Crippen molar-refractivity contribution in [2.24, 2.45) is 0 Å². The van der Waals surface area contributed by atoms with E-state index in [1.165, 1.54) is 47.0 Å². The third-order valence-electron chi connectivity index (χ3n) is 5.51. The summed E-state index contributed by atoms with van der Waals surface area (Å²) < 4.78 is 102. The van der Waals surface area contributed by atoms with Gasteiger partial charge < -0.3 is 8.60 Å². The molecule has 0 unspecified atom stereocenters. The molecule has 200 valence electrons. The molecule has 0 atom stereocenters. The van der Waals surface area contributed by atoms with Gasteiger partial charge in [0.15, 0.2) is 0 Å². The summed E-state index contributed by atoms with van der Waals surface area (Å²) in [6, 6.07) is 18.4. The van der Waals surface area contributed by atoms with Gasteiger partial charge in [0, 0.05) is 6.54 Å². The van der Waals surface area contributed by atoms with Gasteiger partial charge in [0.2, 0.25) is 10.0 Å². The second-order valence-electron chi connectivity index (χ2n) is 8.37. The Balaban J connectivity index is 1.55. The molecule has 0 bridgehead atoms. The van der Waals surface area contributed by atoms with Gasteiger partial charge in [0.1, 0.15) is 16.4 Å². The Morgan fingerprint density at radius 3 is 2.11 bits per heavy atom. The third kappa shape index (κ3) is 6.44.